The van der Waals surface area contributed by atoms with E-state index in [0.717, 1.165) is 26.3 Å². The van der Waals surface area contributed by atoms with Gasteiger partial charge in [0.15, 0.2) is 0 Å². The van der Waals surface area contributed by atoms with Crippen LogP contribution in [0.5, 0.6) is 0 Å². The van der Waals surface area contributed by atoms with Gasteiger partial charge in [0.25, 0.3) is 0 Å². The minimum atomic E-state index is -0.443. The lowest BCUT2D eigenvalue weighted by Gasteiger charge is -2.28. The molecule has 18 heavy (non-hydrogen) atoms. The number of halogens is 1. The fraction of sp³-hybridized carbons (Fsp3) is 0.583. The van der Waals surface area contributed by atoms with Gasteiger partial charge >= 0.3 is 0 Å². The molecule has 1 aromatic rings. The molecule has 0 spiro atoms. The summed E-state index contributed by atoms with van der Waals surface area (Å²) in [7, 11) is 0. The second-order valence-electron chi connectivity index (χ2n) is 4.28. The zero-order chi connectivity index (χ0) is 12.8. The van der Waals surface area contributed by atoms with E-state index in [4.69, 9.17) is 16.3 Å². The van der Waals surface area contributed by atoms with Gasteiger partial charge in [0.05, 0.1) is 24.3 Å². The lowest BCUT2D eigenvalue weighted by atomic mass is 10.3. The average Bonchev–Trinajstić information content (AvgIpc) is 2.39. The fourth-order valence-electron chi connectivity index (χ4n) is 1.88. The Morgan fingerprint density at radius 1 is 1.50 bits per heavy atom. The highest BCUT2D eigenvalue weighted by Crippen LogP contribution is 2.17. The van der Waals surface area contributed by atoms with Gasteiger partial charge in [-0.3, -0.25) is 4.90 Å². The molecule has 1 fully saturated rings. The molecule has 5 nitrogen and oxygen atoms in total. The Kier molecular flexibility index (Phi) is 5.19. The van der Waals surface area contributed by atoms with Gasteiger partial charge < -0.3 is 15.2 Å². The number of hydrogen-bond acceptors (Lipinski definition) is 5. The van der Waals surface area contributed by atoms with Crippen LogP contribution in [-0.2, 0) is 4.74 Å². The van der Waals surface area contributed by atoms with Crippen molar-refractivity contribution >= 4 is 17.4 Å². The van der Waals surface area contributed by atoms with Gasteiger partial charge in [0, 0.05) is 32.4 Å². The van der Waals surface area contributed by atoms with Crippen LogP contribution >= 0.6 is 11.6 Å². The molecule has 0 aliphatic carbocycles. The molecule has 6 heteroatoms. The molecule has 0 radical (unpaired) electrons. The van der Waals surface area contributed by atoms with Crippen LogP contribution in [0.4, 0.5) is 5.82 Å². The molecule has 0 aromatic carbocycles. The molecule has 1 saturated heterocycles. The average molecular weight is 272 g/mol. The Labute approximate surface area is 112 Å². The van der Waals surface area contributed by atoms with Gasteiger partial charge in [-0.25, -0.2) is 4.98 Å². The van der Waals surface area contributed by atoms with Crippen molar-refractivity contribution in [3.05, 3.63) is 23.4 Å². The summed E-state index contributed by atoms with van der Waals surface area (Å²) in [6, 6.07) is 3.54. The first-order valence-corrected chi connectivity index (χ1v) is 6.46. The molecule has 1 aliphatic rings. The number of aliphatic hydroxyl groups is 1. The molecule has 2 N–H and O–H groups in total. The van der Waals surface area contributed by atoms with Crippen molar-refractivity contribution in [3.63, 3.8) is 0 Å². The van der Waals surface area contributed by atoms with Crippen LogP contribution in [0.3, 0.4) is 0 Å². The van der Waals surface area contributed by atoms with E-state index < -0.39 is 6.10 Å². The quantitative estimate of drug-likeness (QED) is 0.831. The molecule has 1 aliphatic heterocycles. The number of nitrogens with one attached hydrogen (secondary N) is 1. The fourth-order valence-corrected chi connectivity index (χ4v) is 2.06. The maximum absolute atomic E-state index is 9.94. The largest absolute Gasteiger partial charge is 0.390 e. The predicted octanol–water partition coefficient (Wildman–Crippen LogP) is 0.840. The number of hydrogen-bond donors (Lipinski definition) is 2. The predicted molar refractivity (Wildman–Crippen MR) is 71.0 cm³/mol. The van der Waals surface area contributed by atoms with Crippen LogP contribution in [0, 0.1) is 0 Å². The molecule has 0 amide bonds. The van der Waals surface area contributed by atoms with E-state index in [-0.39, 0.29) is 0 Å². The minimum Gasteiger partial charge on any atom is -0.390 e. The number of pyridine rings is 1. The number of rotatable bonds is 5. The van der Waals surface area contributed by atoms with Crippen molar-refractivity contribution in [3.8, 4) is 0 Å². The number of aromatic nitrogens is 1. The summed E-state index contributed by atoms with van der Waals surface area (Å²) in [6.45, 7) is 4.32. The number of aliphatic hydroxyl groups excluding tert-OH is 1. The van der Waals surface area contributed by atoms with Gasteiger partial charge in [-0.05, 0) is 12.1 Å². The van der Waals surface area contributed by atoms with Crippen molar-refractivity contribution in [2.24, 2.45) is 0 Å². The van der Waals surface area contributed by atoms with Crippen LogP contribution in [-0.4, -0.2) is 60.5 Å². The Morgan fingerprint density at radius 2 is 2.28 bits per heavy atom. The minimum absolute atomic E-state index is 0.439. The summed E-state index contributed by atoms with van der Waals surface area (Å²) in [5.74, 6) is 0.611. The first-order chi connectivity index (χ1) is 8.75. The summed E-state index contributed by atoms with van der Waals surface area (Å²) in [4.78, 5) is 6.30. The number of anilines is 1. The second kappa shape index (κ2) is 6.89. The number of morpholine rings is 1. The molecule has 1 unspecified atom stereocenters. The molecule has 0 saturated carbocycles. The van der Waals surface area contributed by atoms with E-state index in [2.05, 4.69) is 15.2 Å². The van der Waals surface area contributed by atoms with E-state index in [1.807, 2.05) is 0 Å². The van der Waals surface area contributed by atoms with Gasteiger partial charge in [-0.1, -0.05) is 11.6 Å². The highest BCUT2D eigenvalue weighted by molar-refractivity contribution is 6.32. The topological polar surface area (TPSA) is 57.6 Å². The van der Waals surface area contributed by atoms with Gasteiger partial charge in [0.2, 0.25) is 0 Å². The summed E-state index contributed by atoms with van der Waals surface area (Å²) in [5, 5.41) is 13.6. The standard InChI is InChI=1S/C12H18ClN3O2/c13-11-2-1-3-14-12(11)15-8-10(17)9-16-4-6-18-7-5-16/h1-3,10,17H,4-9H2,(H,14,15). The van der Waals surface area contributed by atoms with Gasteiger partial charge in [-0.15, -0.1) is 0 Å². The highest BCUT2D eigenvalue weighted by atomic mass is 35.5. The molecule has 100 valence electrons. The number of ether oxygens (including phenoxy) is 1. The smallest absolute Gasteiger partial charge is 0.144 e. The molecule has 2 heterocycles. The Hall–Kier alpha value is -0.880. The van der Waals surface area contributed by atoms with Crippen molar-refractivity contribution in [1.29, 1.82) is 0 Å². The molecule has 0 bridgehead atoms. The van der Waals surface area contributed by atoms with Crippen LogP contribution in [0.1, 0.15) is 0 Å². The summed E-state index contributed by atoms with van der Waals surface area (Å²) in [6.07, 6.45) is 1.23. The van der Waals surface area contributed by atoms with Crippen LogP contribution in [0.2, 0.25) is 5.02 Å². The molecule has 2 rings (SSSR count). The van der Waals surface area contributed by atoms with Gasteiger partial charge in [-0.2, -0.15) is 0 Å². The summed E-state index contributed by atoms with van der Waals surface area (Å²) < 4.78 is 5.26. The monoisotopic (exact) mass is 271 g/mol. The number of nitrogens with zero attached hydrogens (tertiary/aromatic N) is 2. The van der Waals surface area contributed by atoms with Crippen LogP contribution in [0.15, 0.2) is 18.3 Å². The third-order valence-corrected chi connectivity index (χ3v) is 3.14. The molecular weight excluding hydrogens is 254 g/mol. The molecule has 1 aromatic heterocycles. The normalized spacial score (nSPS) is 18.6. The van der Waals surface area contributed by atoms with Crippen molar-refractivity contribution in [2.75, 3.05) is 44.7 Å². The zero-order valence-corrected chi connectivity index (χ0v) is 10.9. The maximum atomic E-state index is 9.94. The SMILES string of the molecule is OC(CNc1ncccc1Cl)CN1CCOCC1. The highest BCUT2D eigenvalue weighted by Gasteiger charge is 2.14. The van der Waals surface area contributed by atoms with E-state index >= 15 is 0 Å². The number of β-amino-alcohol motifs (C(OH)–C–C–N with tert-alkyl or cyclic N) is 1. The van der Waals surface area contributed by atoms with E-state index in [1.165, 1.54) is 0 Å². The van der Waals surface area contributed by atoms with E-state index in [1.54, 1.807) is 18.3 Å². The Bertz CT molecular complexity index is 372. The first-order valence-electron chi connectivity index (χ1n) is 6.08. The molecule has 1 atom stereocenters. The maximum Gasteiger partial charge on any atom is 0.144 e. The third kappa shape index (κ3) is 4.10. The zero-order valence-electron chi connectivity index (χ0n) is 10.2. The Balaban J connectivity index is 1.74. The lowest BCUT2D eigenvalue weighted by Crippen LogP contribution is -2.42. The van der Waals surface area contributed by atoms with Crippen LogP contribution in [0.25, 0.3) is 0 Å². The van der Waals surface area contributed by atoms with Gasteiger partial charge in [0.1, 0.15) is 5.82 Å². The third-order valence-electron chi connectivity index (χ3n) is 2.84. The summed E-state index contributed by atoms with van der Waals surface area (Å²) in [5.41, 5.74) is 0. The van der Waals surface area contributed by atoms with Crippen molar-refractivity contribution in [1.82, 2.24) is 9.88 Å². The first kappa shape index (κ1) is 13.5. The van der Waals surface area contributed by atoms with Crippen molar-refractivity contribution < 1.29 is 9.84 Å². The Morgan fingerprint density at radius 3 is 3.00 bits per heavy atom. The summed E-state index contributed by atoms with van der Waals surface area (Å²) >= 11 is 5.97. The van der Waals surface area contributed by atoms with Crippen molar-refractivity contribution in [2.45, 2.75) is 6.10 Å². The van der Waals surface area contributed by atoms with E-state index in [0.29, 0.717) is 23.9 Å². The van der Waals surface area contributed by atoms with E-state index in [9.17, 15) is 5.11 Å². The second-order valence-corrected chi connectivity index (χ2v) is 4.69. The lowest BCUT2D eigenvalue weighted by molar-refractivity contribution is 0.0171. The van der Waals surface area contributed by atoms with Crippen LogP contribution < -0.4 is 5.32 Å². The molecular formula is C12H18ClN3O2.